The van der Waals surface area contributed by atoms with Gasteiger partial charge in [-0.25, -0.2) is 0 Å². The number of fused-ring (bicyclic) bond motifs is 3. The number of rotatable bonds is 1. The van der Waals surface area contributed by atoms with Crippen molar-refractivity contribution in [1.29, 1.82) is 0 Å². The van der Waals surface area contributed by atoms with Gasteiger partial charge in [-0.05, 0) is 25.7 Å². The van der Waals surface area contributed by atoms with Crippen LogP contribution < -0.4 is 0 Å². The van der Waals surface area contributed by atoms with Crippen molar-refractivity contribution in [2.24, 2.45) is 11.8 Å². The van der Waals surface area contributed by atoms with Crippen LogP contribution in [0, 0.1) is 11.8 Å². The van der Waals surface area contributed by atoms with Gasteiger partial charge in [0.15, 0.2) is 6.29 Å². The third-order valence-electron chi connectivity index (χ3n) is 4.04. The fourth-order valence-corrected chi connectivity index (χ4v) is 3.47. The van der Waals surface area contributed by atoms with Gasteiger partial charge in [-0.2, -0.15) is 0 Å². The van der Waals surface area contributed by atoms with E-state index >= 15 is 0 Å². The third-order valence-corrected chi connectivity index (χ3v) is 4.04. The average molecular weight is 226 g/mol. The third kappa shape index (κ3) is 1.64. The fourth-order valence-electron chi connectivity index (χ4n) is 3.47. The van der Waals surface area contributed by atoms with Crippen molar-refractivity contribution in [2.45, 2.75) is 51.1 Å². The molecule has 90 valence electrons. The molecule has 3 rings (SSSR count). The molecular weight excluding hydrogens is 208 g/mol. The molecule has 0 aromatic rings. The van der Waals surface area contributed by atoms with Crippen LogP contribution in [0.5, 0.6) is 0 Å². The summed E-state index contributed by atoms with van der Waals surface area (Å²) in [4.78, 5) is 11.1. The maximum atomic E-state index is 11.1. The summed E-state index contributed by atoms with van der Waals surface area (Å²) in [5.41, 5.74) is 0. The molecule has 0 unspecified atom stereocenters. The Kier molecular flexibility index (Phi) is 2.64. The number of ether oxygens (including phenoxy) is 3. The molecule has 5 atom stereocenters. The quantitative estimate of drug-likeness (QED) is 0.635. The molecule has 1 aliphatic carbocycles. The number of esters is 1. The maximum absolute atomic E-state index is 11.1. The summed E-state index contributed by atoms with van der Waals surface area (Å²) in [5, 5.41) is 0. The molecule has 16 heavy (non-hydrogen) atoms. The molecule has 0 aromatic carbocycles. The van der Waals surface area contributed by atoms with E-state index in [2.05, 4.69) is 0 Å². The van der Waals surface area contributed by atoms with E-state index < -0.39 is 0 Å². The Morgan fingerprint density at radius 1 is 1.31 bits per heavy atom. The number of hydrogen-bond donors (Lipinski definition) is 0. The lowest BCUT2D eigenvalue weighted by molar-refractivity contribution is -0.155. The Morgan fingerprint density at radius 2 is 2.19 bits per heavy atom. The second-order valence-electron chi connectivity index (χ2n) is 5.02. The lowest BCUT2D eigenvalue weighted by Gasteiger charge is -2.33. The molecule has 0 radical (unpaired) electrons. The zero-order chi connectivity index (χ0) is 11.1. The van der Waals surface area contributed by atoms with Crippen LogP contribution in [0.2, 0.25) is 0 Å². The van der Waals surface area contributed by atoms with E-state index in [0.717, 1.165) is 32.3 Å². The van der Waals surface area contributed by atoms with Gasteiger partial charge in [0.1, 0.15) is 6.10 Å². The topological polar surface area (TPSA) is 44.8 Å². The van der Waals surface area contributed by atoms with Gasteiger partial charge in [0.2, 0.25) is 0 Å². The largest absolute Gasteiger partial charge is 0.462 e. The van der Waals surface area contributed by atoms with Crippen LogP contribution in [-0.2, 0) is 19.0 Å². The molecule has 0 N–H and O–H groups in total. The monoisotopic (exact) mass is 226 g/mol. The summed E-state index contributed by atoms with van der Waals surface area (Å²) in [7, 11) is 0. The summed E-state index contributed by atoms with van der Waals surface area (Å²) < 4.78 is 16.9. The molecule has 0 amide bonds. The van der Waals surface area contributed by atoms with Crippen LogP contribution in [0.4, 0.5) is 0 Å². The van der Waals surface area contributed by atoms with E-state index in [-0.39, 0.29) is 24.5 Å². The van der Waals surface area contributed by atoms with E-state index in [4.69, 9.17) is 14.2 Å². The first-order chi connectivity index (χ1) is 7.75. The minimum atomic E-state index is -0.173. The van der Waals surface area contributed by atoms with Crippen LogP contribution in [0.25, 0.3) is 0 Å². The summed E-state index contributed by atoms with van der Waals surface area (Å²) in [6, 6.07) is 0. The first-order valence-corrected chi connectivity index (χ1v) is 6.20. The Morgan fingerprint density at radius 3 is 3.00 bits per heavy atom. The van der Waals surface area contributed by atoms with Gasteiger partial charge in [0.25, 0.3) is 0 Å². The van der Waals surface area contributed by atoms with Gasteiger partial charge in [0, 0.05) is 18.8 Å². The van der Waals surface area contributed by atoms with Crippen molar-refractivity contribution in [3.8, 4) is 0 Å². The van der Waals surface area contributed by atoms with Crippen molar-refractivity contribution < 1.29 is 19.0 Å². The minimum absolute atomic E-state index is 0.0360. The van der Waals surface area contributed by atoms with Crippen LogP contribution in [0.3, 0.4) is 0 Å². The molecule has 3 fully saturated rings. The van der Waals surface area contributed by atoms with Crippen molar-refractivity contribution in [3.63, 3.8) is 0 Å². The fraction of sp³-hybridized carbons (Fsp3) is 0.917. The molecule has 0 aromatic heterocycles. The van der Waals surface area contributed by atoms with Crippen LogP contribution >= 0.6 is 0 Å². The summed E-state index contributed by atoms with van der Waals surface area (Å²) in [5.74, 6) is 0.632. The highest BCUT2D eigenvalue weighted by Gasteiger charge is 2.52. The highest BCUT2D eigenvalue weighted by Crippen LogP contribution is 2.47. The molecule has 0 bridgehead atoms. The van der Waals surface area contributed by atoms with Crippen molar-refractivity contribution >= 4 is 5.97 Å². The van der Waals surface area contributed by atoms with Gasteiger partial charge >= 0.3 is 5.97 Å². The van der Waals surface area contributed by atoms with Gasteiger partial charge in [-0.3, -0.25) is 4.79 Å². The predicted molar refractivity (Wildman–Crippen MR) is 55.6 cm³/mol. The number of carbonyl (C=O) groups is 1. The maximum Gasteiger partial charge on any atom is 0.302 e. The second kappa shape index (κ2) is 4.00. The Bertz CT molecular complexity index is 291. The Labute approximate surface area is 95.2 Å². The molecule has 2 heterocycles. The normalized spacial score (nSPS) is 46.2. The van der Waals surface area contributed by atoms with Gasteiger partial charge in [0.05, 0.1) is 12.7 Å². The zero-order valence-corrected chi connectivity index (χ0v) is 9.56. The molecule has 2 saturated heterocycles. The summed E-state index contributed by atoms with van der Waals surface area (Å²) >= 11 is 0. The average Bonchev–Trinajstić information content (AvgIpc) is 2.75. The molecular formula is C12H18O4. The Hall–Kier alpha value is -0.610. The summed E-state index contributed by atoms with van der Waals surface area (Å²) in [6.07, 6.45) is 4.45. The smallest absolute Gasteiger partial charge is 0.302 e. The van der Waals surface area contributed by atoms with E-state index in [9.17, 15) is 4.79 Å². The highest BCUT2D eigenvalue weighted by atomic mass is 16.7. The van der Waals surface area contributed by atoms with E-state index in [0.29, 0.717) is 11.8 Å². The van der Waals surface area contributed by atoms with E-state index in [1.807, 2.05) is 0 Å². The van der Waals surface area contributed by atoms with Gasteiger partial charge in [-0.1, -0.05) is 0 Å². The number of hydrogen-bond acceptors (Lipinski definition) is 4. The van der Waals surface area contributed by atoms with E-state index in [1.54, 1.807) is 0 Å². The molecule has 3 aliphatic rings. The van der Waals surface area contributed by atoms with Crippen LogP contribution in [0.15, 0.2) is 0 Å². The molecule has 4 nitrogen and oxygen atoms in total. The predicted octanol–water partition coefficient (Wildman–Crippen LogP) is 1.48. The molecule has 1 saturated carbocycles. The molecule has 2 aliphatic heterocycles. The van der Waals surface area contributed by atoms with Crippen molar-refractivity contribution in [2.75, 3.05) is 6.61 Å². The molecule has 4 heteroatoms. The Balaban J connectivity index is 1.77. The molecule has 0 spiro atoms. The lowest BCUT2D eigenvalue weighted by Crippen LogP contribution is -2.39. The SMILES string of the molecule is CC(=O)O[C@@H]1CCC[C@@H]2O[C@H]3OCC[C@H]3[C@@H]21. The first-order valence-electron chi connectivity index (χ1n) is 6.20. The first kappa shape index (κ1) is 10.5. The van der Waals surface area contributed by atoms with E-state index in [1.165, 1.54) is 6.92 Å². The van der Waals surface area contributed by atoms with Crippen LogP contribution in [-0.4, -0.2) is 31.1 Å². The number of carbonyl (C=O) groups excluding carboxylic acids is 1. The van der Waals surface area contributed by atoms with Gasteiger partial charge in [-0.15, -0.1) is 0 Å². The minimum Gasteiger partial charge on any atom is -0.462 e. The zero-order valence-electron chi connectivity index (χ0n) is 9.56. The van der Waals surface area contributed by atoms with Crippen LogP contribution in [0.1, 0.15) is 32.6 Å². The second-order valence-corrected chi connectivity index (χ2v) is 5.02. The van der Waals surface area contributed by atoms with Crippen molar-refractivity contribution in [3.05, 3.63) is 0 Å². The highest BCUT2D eigenvalue weighted by molar-refractivity contribution is 5.66. The summed E-state index contributed by atoms with van der Waals surface area (Å²) in [6.45, 7) is 2.27. The van der Waals surface area contributed by atoms with Crippen molar-refractivity contribution in [1.82, 2.24) is 0 Å². The van der Waals surface area contributed by atoms with Gasteiger partial charge < -0.3 is 14.2 Å². The standard InChI is InChI=1S/C12H18O4/c1-7(13)15-9-3-2-4-10-11(9)8-5-6-14-12(8)16-10/h8-12H,2-6H2,1H3/t8-,9+,10-,11+,12+/m0/s1. The lowest BCUT2D eigenvalue weighted by atomic mass is 9.77.